The standard InChI is InChI=1S/C13H20N4O2/c1-2-11-9-12(16-10-15-11)14-4-3-13(18)17-5-7-19-8-6-17/h9-10H,2-8H2,1H3,(H,14,15,16). The number of anilines is 1. The molecule has 1 aliphatic heterocycles. The normalized spacial score (nSPS) is 15.3. The van der Waals surface area contributed by atoms with Gasteiger partial charge in [0.1, 0.15) is 12.1 Å². The Hall–Kier alpha value is -1.69. The van der Waals surface area contributed by atoms with Crippen molar-refractivity contribution in [3.8, 4) is 0 Å². The molecule has 1 fully saturated rings. The lowest BCUT2D eigenvalue weighted by Crippen LogP contribution is -2.41. The molecule has 0 aliphatic carbocycles. The molecule has 1 saturated heterocycles. The highest BCUT2D eigenvalue weighted by Crippen LogP contribution is 2.05. The summed E-state index contributed by atoms with van der Waals surface area (Å²) in [6, 6.07) is 1.92. The summed E-state index contributed by atoms with van der Waals surface area (Å²) >= 11 is 0. The van der Waals surface area contributed by atoms with Gasteiger partial charge in [0, 0.05) is 37.8 Å². The number of nitrogens with zero attached hydrogens (tertiary/aromatic N) is 3. The number of morpholine rings is 1. The lowest BCUT2D eigenvalue weighted by Gasteiger charge is -2.26. The second-order valence-electron chi connectivity index (χ2n) is 4.42. The molecule has 6 heteroatoms. The molecule has 0 bridgehead atoms. The van der Waals surface area contributed by atoms with Gasteiger partial charge in [-0.2, -0.15) is 0 Å². The largest absolute Gasteiger partial charge is 0.378 e. The lowest BCUT2D eigenvalue weighted by molar-refractivity contribution is -0.134. The fourth-order valence-corrected chi connectivity index (χ4v) is 1.96. The number of ether oxygens (including phenoxy) is 1. The molecule has 1 amide bonds. The van der Waals surface area contributed by atoms with E-state index in [1.807, 2.05) is 17.9 Å². The van der Waals surface area contributed by atoms with Gasteiger partial charge in [-0.15, -0.1) is 0 Å². The highest BCUT2D eigenvalue weighted by atomic mass is 16.5. The Kier molecular flexibility index (Phi) is 5.09. The first-order valence-electron chi connectivity index (χ1n) is 6.70. The molecule has 1 N–H and O–H groups in total. The van der Waals surface area contributed by atoms with Gasteiger partial charge in [-0.1, -0.05) is 6.92 Å². The van der Waals surface area contributed by atoms with Gasteiger partial charge in [0.05, 0.1) is 13.2 Å². The quantitative estimate of drug-likeness (QED) is 0.848. The number of amides is 1. The predicted molar refractivity (Wildman–Crippen MR) is 71.9 cm³/mol. The van der Waals surface area contributed by atoms with Crippen molar-refractivity contribution in [3.05, 3.63) is 18.1 Å². The summed E-state index contributed by atoms with van der Waals surface area (Å²) < 4.78 is 5.22. The van der Waals surface area contributed by atoms with E-state index < -0.39 is 0 Å². The Morgan fingerprint density at radius 3 is 2.95 bits per heavy atom. The summed E-state index contributed by atoms with van der Waals surface area (Å²) in [6.07, 6.45) is 2.90. The summed E-state index contributed by atoms with van der Waals surface area (Å²) in [7, 11) is 0. The van der Waals surface area contributed by atoms with Crippen LogP contribution in [0.3, 0.4) is 0 Å². The SMILES string of the molecule is CCc1cc(NCCC(=O)N2CCOCC2)ncn1. The number of aryl methyl sites for hydroxylation is 1. The van der Waals surface area contributed by atoms with Crippen molar-refractivity contribution in [1.82, 2.24) is 14.9 Å². The fourth-order valence-electron chi connectivity index (χ4n) is 1.96. The maximum Gasteiger partial charge on any atom is 0.224 e. The van der Waals surface area contributed by atoms with Crippen molar-refractivity contribution in [3.63, 3.8) is 0 Å². The highest BCUT2D eigenvalue weighted by Gasteiger charge is 2.15. The molecule has 19 heavy (non-hydrogen) atoms. The van der Waals surface area contributed by atoms with E-state index in [1.54, 1.807) is 6.33 Å². The first kappa shape index (κ1) is 13.7. The van der Waals surface area contributed by atoms with E-state index in [0.29, 0.717) is 39.3 Å². The summed E-state index contributed by atoms with van der Waals surface area (Å²) in [5, 5.41) is 3.16. The van der Waals surface area contributed by atoms with Crippen LogP contribution in [0.2, 0.25) is 0 Å². The first-order chi connectivity index (χ1) is 9.29. The molecule has 0 unspecified atom stereocenters. The Balaban J connectivity index is 1.74. The Morgan fingerprint density at radius 2 is 2.21 bits per heavy atom. The second kappa shape index (κ2) is 7.04. The summed E-state index contributed by atoms with van der Waals surface area (Å²) in [5.74, 6) is 0.946. The van der Waals surface area contributed by atoms with Gasteiger partial charge in [-0.25, -0.2) is 9.97 Å². The highest BCUT2D eigenvalue weighted by molar-refractivity contribution is 5.76. The Morgan fingerprint density at radius 1 is 1.42 bits per heavy atom. The smallest absolute Gasteiger partial charge is 0.224 e. The van der Waals surface area contributed by atoms with Gasteiger partial charge >= 0.3 is 0 Å². The predicted octanol–water partition coefficient (Wildman–Crippen LogP) is 0.700. The molecule has 0 spiro atoms. The molecule has 1 aromatic rings. The zero-order chi connectivity index (χ0) is 13.5. The van der Waals surface area contributed by atoms with E-state index >= 15 is 0 Å². The minimum absolute atomic E-state index is 0.167. The van der Waals surface area contributed by atoms with Gasteiger partial charge in [0.2, 0.25) is 5.91 Å². The fraction of sp³-hybridized carbons (Fsp3) is 0.615. The van der Waals surface area contributed by atoms with Crippen molar-refractivity contribution in [2.24, 2.45) is 0 Å². The summed E-state index contributed by atoms with van der Waals surface area (Å²) in [4.78, 5) is 22.0. The molecule has 0 radical (unpaired) electrons. The Bertz CT molecular complexity index is 419. The van der Waals surface area contributed by atoms with Crippen molar-refractivity contribution in [2.45, 2.75) is 19.8 Å². The van der Waals surface area contributed by atoms with Crippen LogP contribution in [0.15, 0.2) is 12.4 Å². The molecule has 0 aromatic carbocycles. The molecular weight excluding hydrogens is 244 g/mol. The van der Waals surface area contributed by atoms with E-state index in [1.165, 1.54) is 0 Å². The monoisotopic (exact) mass is 264 g/mol. The van der Waals surface area contributed by atoms with E-state index in [9.17, 15) is 4.79 Å². The molecule has 2 rings (SSSR count). The van der Waals surface area contributed by atoms with Crippen molar-refractivity contribution >= 4 is 11.7 Å². The number of hydrogen-bond donors (Lipinski definition) is 1. The molecule has 1 aliphatic rings. The lowest BCUT2D eigenvalue weighted by atomic mass is 10.3. The van der Waals surface area contributed by atoms with Crippen LogP contribution in [-0.4, -0.2) is 53.6 Å². The number of carbonyl (C=O) groups is 1. The van der Waals surface area contributed by atoms with Crippen molar-refractivity contribution < 1.29 is 9.53 Å². The Labute approximate surface area is 113 Å². The average Bonchev–Trinajstić information content (AvgIpc) is 2.48. The number of aromatic nitrogens is 2. The minimum atomic E-state index is 0.167. The van der Waals surface area contributed by atoms with Crippen LogP contribution in [-0.2, 0) is 16.0 Å². The van der Waals surface area contributed by atoms with Crippen LogP contribution in [0.1, 0.15) is 19.0 Å². The van der Waals surface area contributed by atoms with Crippen molar-refractivity contribution in [1.29, 1.82) is 0 Å². The van der Waals surface area contributed by atoms with Crippen molar-refractivity contribution in [2.75, 3.05) is 38.2 Å². The third kappa shape index (κ3) is 4.17. The van der Waals surface area contributed by atoms with Crippen LogP contribution in [0, 0.1) is 0 Å². The topological polar surface area (TPSA) is 67.4 Å². The maximum absolute atomic E-state index is 11.9. The van der Waals surface area contributed by atoms with Crippen LogP contribution in [0.4, 0.5) is 5.82 Å². The first-order valence-corrected chi connectivity index (χ1v) is 6.70. The zero-order valence-corrected chi connectivity index (χ0v) is 11.3. The molecule has 0 atom stereocenters. The minimum Gasteiger partial charge on any atom is -0.378 e. The second-order valence-corrected chi connectivity index (χ2v) is 4.42. The van der Waals surface area contributed by atoms with Gasteiger partial charge in [-0.05, 0) is 6.42 Å². The molecule has 6 nitrogen and oxygen atoms in total. The van der Waals surface area contributed by atoms with E-state index in [-0.39, 0.29) is 5.91 Å². The summed E-state index contributed by atoms with van der Waals surface area (Å²) in [6.45, 7) is 5.33. The molecule has 1 aromatic heterocycles. The van der Waals surface area contributed by atoms with Crippen LogP contribution in [0.5, 0.6) is 0 Å². The number of nitrogens with one attached hydrogen (secondary N) is 1. The van der Waals surface area contributed by atoms with Gasteiger partial charge in [-0.3, -0.25) is 4.79 Å². The van der Waals surface area contributed by atoms with Gasteiger partial charge < -0.3 is 15.0 Å². The third-order valence-electron chi connectivity index (χ3n) is 3.09. The number of rotatable bonds is 5. The number of hydrogen-bond acceptors (Lipinski definition) is 5. The molecule has 2 heterocycles. The average molecular weight is 264 g/mol. The van der Waals surface area contributed by atoms with Crippen LogP contribution >= 0.6 is 0 Å². The van der Waals surface area contributed by atoms with Gasteiger partial charge in [0.25, 0.3) is 0 Å². The maximum atomic E-state index is 11.9. The molecule has 0 saturated carbocycles. The van der Waals surface area contributed by atoms with Gasteiger partial charge in [0.15, 0.2) is 0 Å². The molecular formula is C13H20N4O2. The summed E-state index contributed by atoms with van der Waals surface area (Å²) in [5.41, 5.74) is 0.997. The van der Waals surface area contributed by atoms with E-state index in [4.69, 9.17) is 4.74 Å². The number of carbonyl (C=O) groups excluding carboxylic acids is 1. The third-order valence-corrected chi connectivity index (χ3v) is 3.09. The zero-order valence-electron chi connectivity index (χ0n) is 11.3. The van der Waals surface area contributed by atoms with Crippen LogP contribution in [0.25, 0.3) is 0 Å². The van der Waals surface area contributed by atoms with E-state index in [2.05, 4.69) is 15.3 Å². The molecule has 104 valence electrons. The van der Waals surface area contributed by atoms with Crippen LogP contribution < -0.4 is 5.32 Å². The van der Waals surface area contributed by atoms with E-state index in [0.717, 1.165) is 17.9 Å².